The Morgan fingerprint density at radius 2 is 1.87 bits per heavy atom. The molecule has 0 spiro atoms. The summed E-state index contributed by atoms with van der Waals surface area (Å²) in [5, 5.41) is 22.2. The normalized spacial score (nSPS) is 10.3. The lowest BCUT2D eigenvalue weighted by Crippen LogP contribution is -2.35. The maximum absolute atomic E-state index is 9.12. The van der Waals surface area contributed by atoms with E-state index in [0.717, 1.165) is 5.69 Å². The fraction of sp³-hybridized carbons (Fsp3) is 0. The Kier molecular flexibility index (Phi) is 2.45. The van der Waals surface area contributed by atoms with E-state index >= 15 is 0 Å². The molecule has 5 nitrogen and oxygen atoms in total. The van der Waals surface area contributed by atoms with Crippen molar-refractivity contribution in [2.75, 3.05) is 5.73 Å². The Morgan fingerprint density at radius 3 is 2.47 bits per heavy atom. The number of hydrogen-bond donors (Lipinski definition) is 3. The Morgan fingerprint density at radius 1 is 1.20 bits per heavy atom. The van der Waals surface area contributed by atoms with Gasteiger partial charge in [-0.25, -0.2) is 4.68 Å². The second-order valence-corrected chi connectivity index (χ2v) is 3.12. The van der Waals surface area contributed by atoms with E-state index in [-0.39, 0.29) is 11.4 Å². The summed E-state index contributed by atoms with van der Waals surface area (Å²) in [4.78, 5) is 0. The van der Waals surface area contributed by atoms with Crippen molar-refractivity contribution in [2.24, 2.45) is 0 Å². The number of benzene rings is 1. The van der Waals surface area contributed by atoms with Crippen molar-refractivity contribution in [3.8, 4) is 5.69 Å². The summed E-state index contributed by atoms with van der Waals surface area (Å²) in [6.07, 6.45) is 0. The molecule has 76 valence electrons. The number of nitrogens with two attached hydrogens (primary N) is 1. The number of para-hydroxylation sites is 1. The molecular formula is C9H10BN3O2. The van der Waals surface area contributed by atoms with E-state index < -0.39 is 7.12 Å². The summed E-state index contributed by atoms with van der Waals surface area (Å²) in [6.45, 7) is 0. The van der Waals surface area contributed by atoms with Crippen LogP contribution in [-0.4, -0.2) is 26.9 Å². The number of aromatic nitrogens is 2. The van der Waals surface area contributed by atoms with Crippen molar-refractivity contribution in [2.45, 2.75) is 0 Å². The SMILES string of the molecule is Nc1cc(B(O)O)n(-c2ccccc2)n1. The maximum atomic E-state index is 9.12. The molecule has 0 unspecified atom stereocenters. The highest BCUT2D eigenvalue weighted by atomic mass is 16.4. The first-order valence-electron chi connectivity index (χ1n) is 4.45. The molecule has 1 heterocycles. The maximum Gasteiger partial charge on any atom is 0.508 e. The van der Waals surface area contributed by atoms with Gasteiger partial charge in [0.2, 0.25) is 0 Å². The molecule has 15 heavy (non-hydrogen) atoms. The first-order valence-corrected chi connectivity index (χ1v) is 4.45. The van der Waals surface area contributed by atoms with Crippen molar-refractivity contribution >= 4 is 18.5 Å². The summed E-state index contributed by atoms with van der Waals surface area (Å²) in [7, 11) is -1.59. The second kappa shape index (κ2) is 3.76. The quantitative estimate of drug-likeness (QED) is 0.554. The predicted molar refractivity (Wildman–Crippen MR) is 57.8 cm³/mol. The molecule has 0 saturated carbocycles. The second-order valence-electron chi connectivity index (χ2n) is 3.12. The van der Waals surface area contributed by atoms with E-state index in [2.05, 4.69) is 5.10 Å². The van der Waals surface area contributed by atoms with Gasteiger partial charge in [-0.3, -0.25) is 0 Å². The Hall–Kier alpha value is -1.79. The van der Waals surface area contributed by atoms with E-state index in [1.165, 1.54) is 10.7 Å². The van der Waals surface area contributed by atoms with Gasteiger partial charge in [-0.15, -0.1) is 0 Å². The van der Waals surface area contributed by atoms with Crippen LogP contribution in [0.25, 0.3) is 5.69 Å². The highest BCUT2D eigenvalue weighted by Crippen LogP contribution is 2.06. The standard InChI is InChI=1S/C9H10BN3O2/c11-9-6-8(10(14)15)13(12-9)7-4-2-1-3-5-7/h1-6,14-15H,(H2,11,12). The zero-order valence-electron chi connectivity index (χ0n) is 7.91. The largest absolute Gasteiger partial charge is 0.508 e. The number of anilines is 1. The summed E-state index contributed by atoms with van der Waals surface area (Å²) in [6, 6.07) is 10.6. The van der Waals surface area contributed by atoms with E-state index in [1.54, 1.807) is 12.1 Å². The van der Waals surface area contributed by atoms with Gasteiger partial charge in [-0.1, -0.05) is 18.2 Å². The minimum absolute atomic E-state index is 0.249. The molecule has 1 aromatic heterocycles. The average molecular weight is 203 g/mol. The van der Waals surface area contributed by atoms with Crippen molar-refractivity contribution in [3.05, 3.63) is 36.4 Å². The van der Waals surface area contributed by atoms with Crippen LogP contribution in [0.2, 0.25) is 0 Å². The van der Waals surface area contributed by atoms with Gasteiger partial charge in [0.15, 0.2) is 0 Å². The Balaban J connectivity index is 2.53. The fourth-order valence-corrected chi connectivity index (χ4v) is 1.37. The number of nitrogen functional groups attached to an aromatic ring is 1. The lowest BCUT2D eigenvalue weighted by Gasteiger charge is -2.05. The van der Waals surface area contributed by atoms with E-state index in [9.17, 15) is 0 Å². The van der Waals surface area contributed by atoms with Crippen LogP contribution in [0, 0.1) is 0 Å². The highest BCUT2D eigenvalue weighted by Gasteiger charge is 2.19. The lowest BCUT2D eigenvalue weighted by molar-refractivity contribution is 0.423. The molecule has 2 rings (SSSR count). The third kappa shape index (κ3) is 1.85. The van der Waals surface area contributed by atoms with Gasteiger partial charge in [0, 0.05) is 6.07 Å². The lowest BCUT2D eigenvalue weighted by atomic mass is 9.86. The van der Waals surface area contributed by atoms with Crippen LogP contribution >= 0.6 is 0 Å². The molecule has 6 heteroatoms. The van der Waals surface area contributed by atoms with Gasteiger partial charge in [-0.2, -0.15) is 5.10 Å². The zero-order chi connectivity index (χ0) is 10.8. The highest BCUT2D eigenvalue weighted by molar-refractivity contribution is 6.58. The summed E-state index contributed by atoms with van der Waals surface area (Å²) in [5.41, 5.74) is 6.48. The molecular weight excluding hydrogens is 193 g/mol. The first kappa shape index (κ1) is 9.76. The summed E-state index contributed by atoms with van der Waals surface area (Å²) >= 11 is 0. The number of nitrogens with zero attached hydrogens (tertiary/aromatic N) is 2. The molecule has 0 aliphatic carbocycles. The minimum Gasteiger partial charge on any atom is -0.422 e. The number of hydrogen-bond acceptors (Lipinski definition) is 4. The predicted octanol–water partition coefficient (Wildman–Crippen LogP) is -0.866. The topological polar surface area (TPSA) is 84.3 Å². The van der Waals surface area contributed by atoms with Gasteiger partial charge in [0.1, 0.15) is 5.82 Å². The molecule has 0 bridgehead atoms. The van der Waals surface area contributed by atoms with Crippen LogP contribution in [-0.2, 0) is 0 Å². The van der Waals surface area contributed by atoms with E-state index in [4.69, 9.17) is 15.8 Å². The average Bonchev–Trinajstić information content (AvgIpc) is 2.62. The fourth-order valence-electron chi connectivity index (χ4n) is 1.37. The molecule has 0 aliphatic heterocycles. The molecule has 0 amide bonds. The van der Waals surface area contributed by atoms with Crippen LogP contribution < -0.4 is 11.3 Å². The van der Waals surface area contributed by atoms with Gasteiger partial charge >= 0.3 is 7.12 Å². The summed E-state index contributed by atoms with van der Waals surface area (Å²) < 4.78 is 1.40. The summed E-state index contributed by atoms with van der Waals surface area (Å²) in [5.74, 6) is 0.252. The van der Waals surface area contributed by atoms with Crippen molar-refractivity contribution in [3.63, 3.8) is 0 Å². The van der Waals surface area contributed by atoms with Crippen LogP contribution in [0.1, 0.15) is 0 Å². The first-order chi connectivity index (χ1) is 7.18. The molecule has 2 aromatic rings. The van der Waals surface area contributed by atoms with Gasteiger partial charge in [-0.05, 0) is 12.1 Å². The van der Waals surface area contributed by atoms with Crippen molar-refractivity contribution < 1.29 is 10.0 Å². The Labute approximate surface area is 86.9 Å². The number of rotatable bonds is 2. The third-order valence-electron chi connectivity index (χ3n) is 2.02. The van der Waals surface area contributed by atoms with Crippen molar-refractivity contribution in [1.82, 2.24) is 9.78 Å². The molecule has 1 aromatic carbocycles. The van der Waals surface area contributed by atoms with Crippen LogP contribution in [0.4, 0.5) is 5.82 Å². The zero-order valence-corrected chi connectivity index (χ0v) is 7.91. The van der Waals surface area contributed by atoms with Crippen LogP contribution in [0.15, 0.2) is 36.4 Å². The molecule has 0 radical (unpaired) electrons. The molecule has 0 aliphatic rings. The van der Waals surface area contributed by atoms with E-state index in [0.29, 0.717) is 0 Å². The van der Waals surface area contributed by atoms with Gasteiger partial charge in [0.05, 0.1) is 11.3 Å². The Bertz CT molecular complexity index is 456. The molecule has 0 saturated heterocycles. The van der Waals surface area contributed by atoms with Gasteiger partial charge < -0.3 is 15.8 Å². The minimum atomic E-state index is -1.59. The molecule has 4 N–H and O–H groups in total. The molecule has 0 atom stereocenters. The third-order valence-corrected chi connectivity index (χ3v) is 2.02. The monoisotopic (exact) mass is 203 g/mol. The molecule has 0 fully saturated rings. The van der Waals surface area contributed by atoms with Crippen LogP contribution in [0.3, 0.4) is 0 Å². The smallest absolute Gasteiger partial charge is 0.422 e. The van der Waals surface area contributed by atoms with Crippen LogP contribution in [0.5, 0.6) is 0 Å². The van der Waals surface area contributed by atoms with Gasteiger partial charge in [0.25, 0.3) is 0 Å². The van der Waals surface area contributed by atoms with Crippen molar-refractivity contribution in [1.29, 1.82) is 0 Å². The van der Waals surface area contributed by atoms with E-state index in [1.807, 2.05) is 18.2 Å².